The molecule has 0 spiro atoms. The molecule has 4 heteroatoms. The van der Waals surface area contributed by atoms with Crippen LogP contribution in [0.15, 0.2) is 0 Å². The minimum atomic E-state index is -0.862. The van der Waals surface area contributed by atoms with E-state index >= 15 is 0 Å². The van der Waals surface area contributed by atoms with Gasteiger partial charge in [0.2, 0.25) is 3.79 Å². The molecule has 1 saturated heterocycles. The van der Waals surface area contributed by atoms with Gasteiger partial charge in [-0.25, -0.2) is 0 Å². The number of carbonyl (C=O) groups is 2. The normalized spacial score (nSPS) is 43.9. The van der Waals surface area contributed by atoms with Crippen molar-refractivity contribution >= 4 is 32.4 Å². The summed E-state index contributed by atoms with van der Waals surface area (Å²) in [6, 6.07) is 0. The summed E-state index contributed by atoms with van der Waals surface area (Å²) in [6.07, 6.45) is 1.43. The van der Waals surface area contributed by atoms with E-state index in [0.29, 0.717) is 6.42 Å². The maximum atomic E-state index is 11.7. The molecule has 0 aromatic carbocycles. The van der Waals surface area contributed by atoms with E-state index in [0.717, 1.165) is 6.42 Å². The number of hydrogen-bond acceptors (Lipinski definition) is 3. The third kappa shape index (κ3) is 0.800. The lowest BCUT2D eigenvalue weighted by molar-refractivity contribution is -0.163. The van der Waals surface area contributed by atoms with Gasteiger partial charge in [0, 0.05) is 28.0 Å². The Morgan fingerprint density at radius 1 is 1.36 bits per heavy atom. The van der Waals surface area contributed by atoms with Gasteiger partial charge in [-0.1, -0.05) is 13.8 Å². The molecule has 14 heavy (non-hydrogen) atoms. The molecule has 2 atom stereocenters. The molecule has 0 aromatic heterocycles. The van der Waals surface area contributed by atoms with E-state index in [1.165, 1.54) is 0 Å². The lowest BCUT2D eigenvalue weighted by atomic mass is 9.67. The second-order valence-corrected chi connectivity index (χ2v) is 5.93. The molecule has 0 N–H and O–H groups in total. The summed E-state index contributed by atoms with van der Waals surface area (Å²) >= 11 is 1.75. The number of carbonyl (C=O) groups excluding carboxylic acids is 2. The molecule has 2 rings (SSSR count). The van der Waals surface area contributed by atoms with Crippen LogP contribution in [0.3, 0.4) is 0 Å². The van der Waals surface area contributed by atoms with E-state index in [1.807, 2.05) is 20.8 Å². The van der Waals surface area contributed by atoms with Crippen LogP contribution in [0.2, 0.25) is 0 Å². The van der Waals surface area contributed by atoms with E-state index in [2.05, 4.69) is 0 Å². The zero-order valence-electron chi connectivity index (χ0n) is 8.52. The summed E-state index contributed by atoms with van der Waals surface area (Å²) in [5.41, 5.74) is -1.72. The van der Waals surface area contributed by atoms with Crippen LogP contribution >= 0.6 is 22.6 Å². The molecule has 3 nitrogen and oxygen atoms in total. The summed E-state index contributed by atoms with van der Waals surface area (Å²) in [7, 11) is 0. The molecule has 1 heterocycles. The van der Waals surface area contributed by atoms with Gasteiger partial charge in [-0.2, -0.15) is 0 Å². The van der Waals surface area contributed by atoms with Crippen LogP contribution in [-0.4, -0.2) is 15.4 Å². The molecule has 2 unspecified atom stereocenters. The SMILES string of the molecule is CC12CCC(C(=O)I)(OC1=O)C2(C)C. The summed E-state index contributed by atoms with van der Waals surface area (Å²) in [5, 5.41) is 0. The highest BCUT2D eigenvalue weighted by molar-refractivity contribution is 14.1. The van der Waals surface area contributed by atoms with Crippen molar-refractivity contribution in [2.24, 2.45) is 10.8 Å². The molecular formula is C10H13IO3. The predicted molar refractivity (Wildman–Crippen MR) is 59.0 cm³/mol. The van der Waals surface area contributed by atoms with Gasteiger partial charge < -0.3 is 4.74 Å². The van der Waals surface area contributed by atoms with E-state index < -0.39 is 11.0 Å². The third-order valence-electron chi connectivity index (χ3n) is 4.40. The zero-order chi connectivity index (χ0) is 10.8. The van der Waals surface area contributed by atoms with Crippen molar-refractivity contribution in [3.05, 3.63) is 0 Å². The van der Waals surface area contributed by atoms with Crippen molar-refractivity contribution in [3.63, 3.8) is 0 Å². The molecule has 2 fully saturated rings. The van der Waals surface area contributed by atoms with Gasteiger partial charge in [0.15, 0.2) is 5.60 Å². The summed E-state index contributed by atoms with van der Waals surface area (Å²) in [6.45, 7) is 5.83. The smallest absolute Gasteiger partial charge is 0.313 e. The van der Waals surface area contributed by atoms with Gasteiger partial charge in [0.1, 0.15) is 0 Å². The highest BCUT2D eigenvalue weighted by Gasteiger charge is 2.75. The molecule has 0 radical (unpaired) electrons. The largest absolute Gasteiger partial charge is 0.449 e. The Bertz CT molecular complexity index is 336. The number of fused-ring (bicyclic) bond motifs is 2. The average Bonchev–Trinajstić information content (AvgIpc) is 2.34. The van der Waals surface area contributed by atoms with Crippen molar-refractivity contribution in [1.82, 2.24) is 0 Å². The fourth-order valence-electron chi connectivity index (χ4n) is 2.69. The van der Waals surface area contributed by atoms with Gasteiger partial charge in [0.05, 0.1) is 5.41 Å². The summed E-state index contributed by atoms with van der Waals surface area (Å²) in [4.78, 5) is 23.3. The number of halogens is 1. The van der Waals surface area contributed by atoms with Crippen molar-refractivity contribution in [1.29, 1.82) is 0 Å². The molecule has 1 aliphatic carbocycles. The lowest BCUT2D eigenvalue weighted by Crippen LogP contribution is -2.45. The summed E-state index contributed by atoms with van der Waals surface area (Å²) < 4.78 is 5.29. The Morgan fingerprint density at radius 3 is 2.14 bits per heavy atom. The van der Waals surface area contributed by atoms with Gasteiger partial charge >= 0.3 is 5.97 Å². The Labute approximate surface area is 96.7 Å². The van der Waals surface area contributed by atoms with Crippen LogP contribution in [0.25, 0.3) is 0 Å². The molecule has 2 bridgehead atoms. The average molecular weight is 308 g/mol. The zero-order valence-corrected chi connectivity index (χ0v) is 10.7. The molecule has 1 saturated carbocycles. The quantitative estimate of drug-likeness (QED) is 0.423. The first-order valence-corrected chi connectivity index (χ1v) is 5.79. The van der Waals surface area contributed by atoms with Crippen molar-refractivity contribution in [2.75, 3.05) is 0 Å². The van der Waals surface area contributed by atoms with E-state index in [1.54, 1.807) is 22.6 Å². The molecule has 0 amide bonds. The maximum Gasteiger partial charge on any atom is 0.313 e. The number of ether oxygens (including phenoxy) is 1. The molecule has 2 aliphatic rings. The van der Waals surface area contributed by atoms with Gasteiger partial charge in [-0.05, 0) is 19.8 Å². The van der Waals surface area contributed by atoms with Crippen molar-refractivity contribution in [3.8, 4) is 0 Å². The first-order chi connectivity index (χ1) is 6.28. The number of esters is 1. The first kappa shape index (κ1) is 10.4. The monoisotopic (exact) mass is 308 g/mol. The lowest BCUT2D eigenvalue weighted by Gasteiger charge is -2.33. The Hall–Kier alpha value is -0.130. The number of hydrogen-bond donors (Lipinski definition) is 0. The van der Waals surface area contributed by atoms with E-state index in [-0.39, 0.29) is 15.2 Å². The predicted octanol–water partition coefficient (Wildman–Crippen LogP) is 2.07. The highest BCUT2D eigenvalue weighted by Crippen LogP contribution is 2.66. The first-order valence-electron chi connectivity index (χ1n) is 4.71. The van der Waals surface area contributed by atoms with E-state index in [4.69, 9.17) is 4.74 Å². The van der Waals surface area contributed by atoms with Crippen LogP contribution in [0.4, 0.5) is 0 Å². The van der Waals surface area contributed by atoms with Crippen LogP contribution in [0.5, 0.6) is 0 Å². The second-order valence-electron chi connectivity index (χ2n) is 4.95. The van der Waals surface area contributed by atoms with Gasteiger partial charge in [-0.15, -0.1) is 0 Å². The topological polar surface area (TPSA) is 43.4 Å². The second kappa shape index (κ2) is 2.51. The minimum Gasteiger partial charge on any atom is -0.449 e. The number of rotatable bonds is 1. The Balaban J connectivity index is 2.60. The molecule has 0 aromatic rings. The fraction of sp³-hybridized carbons (Fsp3) is 0.800. The third-order valence-corrected chi connectivity index (χ3v) is 5.27. The standard InChI is InChI=1S/C10H13IO3/c1-8(2)9(3)4-5-10(8,6(11)12)14-7(9)13/h4-5H2,1-3H3. The molecular weight excluding hydrogens is 295 g/mol. The van der Waals surface area contributed by atoms with Crippen LogP contribution in [-0.2, 0) is 14.3 Å². The Morgan fingerprint density at radius 2 is 1.93 bits per heavy atom. The van der Waals surface area contributed by atoms with Gasteiger partial charge in [-0.3, -0.25) is 9.59 Å². The van der Waals surface area contributed by atoms with Crippen LogP contribution < -0.4 is 0 Å². The van der Waals surface area contributed by atoms with Crippen molar-refractivity contribution < 1.29 is 14.3 Å². The van der Waals surface area contributed by atoms with Crippen LogP contribution in [0, 0.1) is 10.8 Å². The minimum absolute atomic E-state index is 0.0466. The van der Waals surface area contributed by atoms with Crippen molar-refractivity contribution in [2.45, 2.75) is 39.2 Å². The van der Waals surface area contributed by atoms with E-state index in [9.17, 15) is 9.59 Å². The summed E-state index contributed by atoms with van der Waals surface area (Å²) in [5.74, 6) is -0.209. The fourth-order valence-corrected chi connectivity index (χ4v) is 3.74. The Kier molecular flexibility index (Phi) is 1.86. The maximum absolute atomic E-state index is 11.7. The molecule has 78 valence electrons. The van der Waals surface area contributed by atoms with Gasteiger partial charge in [0.25, 0.3) is 0 Å². The highest BCUT2D eigenvalue weighted by atomic mass is 127. The van der Waals surface area contributed by atoms with Crippen LogP contribution in [0.1, 0.15) is 33.6 Å². The molecule has 1 aliphatic heterocycles.